The van der Waals surface area contributed by atoms with Crippen molar-refractivity contribution in [3.05, 3.63) is 118 Å². The average Bonchev–Trinajstić information content (AvgIpc) is 3.75. The second-order valence-corrected chi connectivity index (χ2v) is 14.1. The Kier molecular flexibility index (Phi) is 8.85. The largest absolute Gasteiger partial charge is 0.355 e. The fraction of sp³-hybridized carbons (Fsp3) is 0.275. The van der Waals surface area contributed by atoms with Gasteiger partial charge >= 0.3 is 0 Å². The molecule has 50 heavy (non-hydrogen) atoms. The quantitative estimate of drug-likeness (QED) is 0.139. The van der Waals surface area contributed by atoms with E-state index in [-0.39, 0.29) is 11.9 Å². The number of carbonyl (C=O) groups is 1. The summed E-state index contributed by atoms with van der Waals surface area (Å²) in [5, 5.41) is 9.26. The van der Waals surface area contributed by atoms with Gasteiger partial charge in [-0.2, -0.15) is 0 Å². The minimum absolute atomic E-state index is 0.236. The van der Waals surface area contributed by atoms with Gasteiger partial charge in [0.2, 0.25) is 0 Å². The van der Waals surface area contributed by atoms with E-state index >= 15 is 0 Å². The van der Waals surface area contributed by atoms with E-state index in [1.807, 2.05) is 85.2 Å². The number of piperidine rings is 1. The number of carbonyl (C=O) groups excluding carboxylic acids is 1. The van der Waals surface area contributed by atoms with E-state index in [9.17, 15) is 4.79 Å². The van der Waals surface area contributed by atoms with E-state index in [1.54, 1.807) is 6.20 Å². The molecule has 1 atom stereocenters. The summed E-state index contributed by atoms with van der Waals surface area (Å²) >= 11 is 13.1. The van der Waals surface area contributed by atoms with Crippen LogP contribution in [0.1, 0.15) is 67.2 Å². The van der Waals surface area contributed by atoms with Crippen LogP contribution in [-0.2, 0) is 0 Å². The number of aromatic nitrogens is 4. The number of anilines is 2. The van der Waals surface area contributed by atoms with Crippen LogP contribution >= 0.6 is 23.2 Å². The number of H-pyrrole nitrogens is 1. The van der Waals surface area contributed by atoms with Crippen molar-refractivity contribution in [3.8, 4) is 22.5 Å². The maximum Gasteiger partial charge on any atom is 0.272 e. The highest BCUT2D eigenvalue weighted by Crippen LogP contribution is 2.50. The van der Waals surface area contributed by atoms with Crippen molar-refractivity contribution in [2.24, 2.45) is 0 Å². The van der Waals surface area contributed by atoms with Crippen LogP contribution in [0.4, 0.5) is 11.5 Å². The van der Waals surface area contributed by atoms with Crippen LogP contribution in [0.2, 0.25) is 10.0 Å². The van der Waals surface area contributed by atoms with Crippen molar-refractivity contribution in [2.45, 2.75) is 57.7 Å². The smallest absolute Gasteiger partial charge is 0.272 e. The van der Waals surface area contributed by atoms with E-state index in [4.69, 9.17) is 33.2 Å². The van der Waals surface area contributed by atoms with E-state index in [0.717, 1.165) is 89.1 Å². The molecule has 1 amide bonds. The molecule has 3 N–H and O–H groups in total. The normalized spacial score (nSPS) is 15.9. The standard InChI is InChI=1S/C40H39Cl2N7O/c1-3-28(4-2)45-29-16-19-48(20-17-29)39-31(11-8-18-43-39)47-40(50)36-34-33-30(21-27(42)22-32(33)46-36)37(25-12-14-26(41)15-13-25)49-23-44-35(38(34)49)24-9-6-5-7-10-24/h5-15,18,21-23,28-29,37,45-46H,3-4,16-17,19-20H2,1-2H3,(H,47,50)/t37-/m1/s1. The van der Waals surface area contributed by atoms with Gasteiger partial charge in [-0.15, -0.1) is 0 Å². The molecule has 0 aliphatic carbocycles. The second-order valence-electron chi connectivity index (χ2n) is 13.2. The molecule has 5 heterocycles. The number of nitrogens with zero attached hydrogens (tertiary/aromatic N) is 4. The Labute approximate surface area is 301 Å². The summed E-state index contributed by atoms with van der Waals surface area (Å²) < 4.78 is 2.15. The molecule has 6 aromatic rings. The lowest BCUT2D eigenvalue weighted by atomic mass is 9.88. The van der Waals surface area contributed by atoms with E-state index < -0.39 is 0 Å². The predicted octanol–water partition coefficient (Wildman–Crippen LogP) is 9.35. The zero-order valence-corrected chi connectivity index (χ0v) is 29.6. The zero-order chi connectivity index (χ0) is 34.4. The van der Waals surface area contributed by atoms with E-state index in [0.29, 0.717) is 33.5 Å². The number of halogens is 2. The highest BCUT2D eigenvalue weighted by atomic mass is 35.5. The molecule has 0 spiro atoms. The molecule has 3 aromatic carbocycles. The number of aromatic amines is 1. The molecule has 2 aliphatic rings. The van der Waals surface area contributed by atoms with Gasteiger partial charge in [0, 0.05) is 63.4 Å². The number of nitrogens with one attached hydrogen (secondary N) is 3. The molecule has 254 valence electrons. The Morgan fingerprint density at radius 1 is 0.940 bits per heavy atom. The first-order valence-corrected chi connectivity index (χ1v) is 18.2. The van der Waals surface area contributed by atoms with Crippen molar-refractivity contribution in [1.29, 1.82) is 0 Å². The molecule has 1 fully saturated rings. The van der Waals surface area contributed by atoms with Crippen LogP contribution in [0.25, 0.3) is 33.4 Å². The zero-order valence-electron chi connectivity index (χ0n) is 28.1. The average molecular weight is 705 g/mol. The molecule has 10 heteroatoms. The fourth-order valence-corrected chi connectivity index (χ4v) is 8.10. The fourth-order valence-electron chi connectivity index (χ4n) is 7.74. The van der Waals surface area contributed by atoms with Gasteiger partial charge in [-0.05, 0) is 73.2 Å². The van der Waals surface area contributed by atoms with Crippen molar-refractivity contribution in [1.82, 2.24) is 24.8 Å². The van der Waals surface area contributed by atoms with Crippen LogP contribution in [-0.4, -0.2) is 50.6 Å². The molecule has 0 bridgehead atoms. The van der Waals surface area contributed by atoms with Gasteiger partial charge in [0.15, 0.2) is 5.82 Å². The Morgan fingerprint density at radius 3 is 2.44 bits per heavy atom. The summed E-state index contributed by atoms with van der Waals surface area (Å²) in [6.45, 7) is 6.21. The number of pyridine rings is 1. The Morgan fingerprint density at radius 2 is 1.70 bits per heavy atom. The molecular formula is C40H39Cl2N7O. The molecule has 8 nitrogen and oxygen atoms in total. The number of imidazole rings is 1. The highest BCUT2D eigenvalue weighted by Gasteiger charge is 2.36. The number of rotatable bonds is 9. The second kappa shape index (κ2) is 13.6. The van der Waals surface area contributed by atoms with Gasteiger partial charge in [0.05, 0.1) is 29.4 Å². The molecule has 0 saturated carbocycles. The molecule has 8 rings (SSSR count). The molecule has 3 aromatic heterocycles. The monoisotopic (exact) mass is 703 g/mol. The van der Waals surface area contributed by atoms with Crippen molar-refractivity contribution >= 4 is 51.5 Å². The molecule has 0 radical (unpaired) electrons. The summed E-state index contributed by atoms with van der Waals surface area (Å²) in [7, 11) is 0. The van der Waals surface area contributed by atoms with Gasteiger partial charge in [-0.3, -0.25) is 4.79 Å². The van der Waals surface area contributed by atoms with E-state index in [2.05, 4.69) is 38.9 Å². The minimum Gasteiger partial charge on any atom is -0.355 e. The molecule has 2 aliphatic heterocycles. The SMILES string of the molecule is CCC(CC)NC1CCN(c2ncccc2NC(=O)c2[nH]c3cc(Cl)cc4c3c2-c2c(-c3ccccc3)ncn2[C@@H]4c2ccc(Cl)cc2)CC1. The van der Waals surface area contributed by atoms with Crippen molar-refractivity contribution < 1.29 is 4.79 Å². The third-order valence-corrected chi connectivity index (χ3v) is 10.7. The van der Waals surface area contributed by atoms with Crippen LogP contribution in [0, 0.1) is 0 Å². The molecule has 0 unspecified atom stereocenters. The first kappa shape index (κ1) is 32.6. The lowest BCUT2D eigenvalue weighted by Gasteiger charge is -2.35. The topological polar surface area (TPSA) is 90.9 Å². The van der Waals surface area contributed by atoms with Crippen molar-refractivity contribution in [3.63, 3.8) is 0 Å². The van der Waals surface area contributed by atoms with Crippen LogP contribution in [0.5, 0.6) is 0 Å². The Bertz CT molecular complexity index is 2160. The van der Waals surface area contributed by atoms with Gasteiger partial charge in [-0.1, -0.05) is 79.5 Å². The minimum atomic E-state index is -0.255. The number of hydrogen-bond acceptors (Lipinski definition) is 5. The summed E-state index contributed by atoms with van der Waals surface area (Å²) in [5.41, 5.74) is 7.35. The van der Waals surface area contributed by atoms with Gasteiger partial charge in [0.1, 0.15) is 5.69 Å². The third kappa shape index (κ3) is 5.85. The van der Waals surface area contributed by atoms with Gasteiger partial charge in [0.25, 0.3) is 5.91 Å². The lowest BCUT2D eigenvalue weighted by Crippen LogP contribution is -2.46. The predicted molar refractivity (Wildman–Crippen MR) is 204 cm³/mol. The van der Waals surface area contributed by atoms with Crippen LogP contribution in [0.15, 0.2) is 91.4 Å². The first-order valence-electron chi connectivity index (χ1n) is 17.4. The molecule has 1 saturated heterocycles. The Balaban J connectivity index is 1.20. The maximum atomic E-state index is 14.6. The third-order valence-electron chi connectivity index (χ3n) is 10.2. The van der Waals surface area contributed by atoms with Gasteiger partial charge < -0.3 is 25.1 Å². The summed E-state index contributed by atoms with van der Waals surface area (Å²) in [6, 6.07) is 26.4. The number of hydrogen-bond donors (Lipinski definition) is 3. The van der Waals surface area contributed by atoms with Crippen LogP contribution in [0.3, 0.4) is 0 Å². The summed E-state index contributed by atoms with van der Waals surface area (Å²) in [5.74, 6) is 0.530. The number of amides is 1. The van der Waals surface area contributed by atoms with Crippen LogP contribution < -0.4 is 15.5 Å². The lowest BCUT2D eigenvalue weighted by molar-refractivity contribution is 0.102. The highest BCUT2D eigenvalue weighted by molar-refractivity contribution is 6.32. The maximum absolute atomic E-state index is 14.6. The molecular weight excluding hydrogens is 665 g/mol. The number of benzene rings is 3. The van der Waals surface area contributed by atoms with Gasteiger partial charge in [-0.25, -0.2) is 9.97 Å². The first-order chi connectivity index (χ1) is 24.4. The summed E-state index contributed by atoms with van der Waals surface area (Å²) in [6.07, 6.45) is 7.97. The number of fused-ring (bicyclic) bond motifs is 2. The van der Waals surface area contributed by atoms with E-state index in [1.165, 1.54) is 0 Å². The van der Waals surface area contributed by atoms with Crippen molar-refractivity contribution in [2.75, 3.05) is 23.3 Å². The summed E-state index contributed by atoms with van der Waals surface area (Å²) in [4.78, 5) is 30.0. The Hall–Kier alpha value is -4.63.